The Hall–Kier alpha value is -0.650. The summed E-state index contributed by atoms with van der Waals surface area (Å²) in [4.78, 5) is 16.2. The first kappa shape index (κ1) is 14.4. The first-order valence-corrected chi connectivity index (χ1v) is 6.35. The maximum Gasteiger partial charge on any atom is 0.228 e. The van der Waals surface area contributed by atoms with Crippen LogP contribution in [0.1, 0.15) is 17.6 Å². The predicted octanol–water partition coefficient (Wildman–Crippen LogP) is 1.98. The second-order valence-electron chi connectivity index (χ2n) is 4.34. The van der Waals surface area contributed by atoms with Gasteiger partial charge < -0.3 is 10.6 Å². The molecule has 1 saturated heterocycles. The second-order valence-corrected chi connectivity index (χ2v) is 5.55. The number of rotatable bonds is 3. The Morgan fingerprint density at radius 2 is 2.18 bits per heavy atom. The molecule has 1 amide bonds. The van der Waals surface area contributed by atoms with E-state index < -0.39 is 0 Å². The molecule has 1 aliphatic heterocycles. The lowest BCUT2D eigenvalue weighted by Gasteiger charge is -2.31. The van der Waals surface area contributed by atoms with Crippen molar-refractivity contribution in [3.05, 3.63) is 10.7 Å². The van der Waals surface area contributed by atoms with Crippen molar-refractivity contribution in [2.75, 3.05) is 18.4 Å². The van der Waals surface area contributed by atoms with Gasteiger partial charge in [0, 0.05) is 5.92 Å². The number of amides is 1. The van der Waals surface area contributed by atoms with Gasteiger partial charge >= 0.3 is 0 Å². The topological polar surface area (TPSA) is 54.0 Å². The lowest BCUT2D eigenvalue weighted by molar-refractivity contribution is -0.121. The first-order valence-electron chi connectivity index (χ1n) is 5.53. The van der Waals surface area contributed by atoms with Gasteiger partial charge in [0.05, 0.1) is 10.7 Å². The highest BCUT2D eigenvalue weighted by atomic mass is 35.5. The number of aromatic nitrogens is 1. The predicted molar refractivity (Wildman–Crippen MR) is 73.0 cm³/mol. The third kappa shape index (κ3) is 3.18. The maximum atomic E-state index is 11.9. The summed E-state index contributed by atoms with van der Waals surface area (Å²) < 4.78 is 0. The molecule has 0 radical (unpaired) electrons. The highest BCUT2D eigenvalue weighted by Crippen LogP contribution is 2.25. The normalized spacial score (nSPS) is 16.9. The molecule has 17 heavy (non-hydrogen) atoms. The van der Waals surface area contributed by atoms with E-state index in [9.17, 15) is 4.79 Å². The SMILES string of the molecule is Cc1nc(C)c(NC(=O)C(C)C2CNC2)s1.Cl. The quantitative estimate of drug-likeness (QED) is 0.887. The number of aryl methyl sites for hydroxylation is 2. The van der Waals surface area contributed by atoms with E-state index >= 15 is 0 Å². The van der Waals surface area contributed by atoms with Gasteiger partial charge in [-0.05, 0) is 32.9 Å². The number of thiazole rings is 1. The van der Waals surface area contributed by atoms with Crippen LogP contribution in [-0.2, 0) is 4.79 Å². The van der Waals surface area contributed by atoms with Crippen molar-refractivity contribution >= 4 is 34.7 Å². The first-order chi connectivity index (χ1) is 7.58. The molecule has 0 aliphatic carbocycles. The van der Waals surface area contributed by atoms with Gasteiger partial charge in [0.25, 0.3) is 0 Å². The fourth-order valence-corrected chi connectivity index (χ4v) is 2.57. The van der Waals surface area contributed by atoms with Crippen molar-refractivity contribution in [3.8, 4) is 0 Å². The van der Waals surface area contributed by atoms with E-state index in [0.717, 1.165) is 28.8 Å². The molecule has 1 aromatic rings. The van der Waals surface area contributed by atoms with E-state index in [1.54, 1.807) is 0 Å². The standard InChI is InChI=1S/C11H17N3OS.ClH/c1-6(9-4-12-5-9)10(15)14-11-7(2)13-8(3)16-11;/h6,9,12H,4-5H2,1-3H3,(H,14,15);1H. The molecule has 1 fully saturated rings. The highest BCUT2D eigenvalue weighted by Gasteiger charge is 2.29. The molecule has 0 aromatic carbocycles. The molecule has 6 heteroatoms. The van der Waals surface area contributed by atoms with Gasteiger partial charge in [-0.25, -0.2) is 4.98 Å². The lowest BCUT2D eigenvalue weighted by Crippen LogP contribution is -2.48. The molecule has 1 aromatic heterocycles. The van der Waals surface area contributed by atoms with Gasteiger partial charge in [-0.2, -0.15) is 0 Å². The number of halogens is 1. The molecule has 1 aliphatic rings. The van der Waals surface area contributed by atoms with Gasteiger partial charge in [-0.3, -0.25) is 4.79 Å². The lowest BCUT2D eigenvalue weighted by atomic mass is 9.88. The molecule has 0 spiro atoms. The summed E-state index contributed by atoms with van der Waals surface area (Å²) in [5.74, 6) is 0.663. The van der Waals surface area contributed by atoms with Gasteiger partial charge in [-0.1, -0.05) is 6.92 Å². The van der Waals surface area contributed by atoms with Crippen LogP contribution in [0.5, 0.6) is 0 Å². The van der Waals surface area contributed by atoms with Gasteiger partial charge in [0.15, 0.2) is 0 Å². The number of anilines is 1. The van der Waals surface area contributed by atoms with Gasteiger partial charge in [0.1, 0.15) is 5.00 Å². The van der Waals surface area contributed by atoms with E-state index in [4.69, 9.17) is 0 Å². The molecule has 1 atom stereocenters. The smallest absolute Gasteiger partial charge is 0.228 e. The van der Waals surface area contributed by atoms with E-state index in [0.29, 0.717) is 5.92 Å². The monoisotopic (exact) mass is 275 g/mol. The van der Waals surface area contributed by atoms with Crippen molar-refractivity contribution in [3.63, 3.8) is 0 Å². The average molecular weight is 276 g/mol. The Kier molecular flexibility index (Phi) is 4.91. The van der Waals surface area contributed by atoms with E-state index in [1.165, 1.54) is 11.3 Å². The fourth-order valence-electron chi connectivity index (χ4n) is 1.75. The van der Waals surface area contributed by atoms with Crippen LogP contribution in [0, 0.1) is 25.7 Å². The summed E-state index contributed by atoms with van der Waals surface area (Å²) in [5, 5.41) is 8.04. The van der Waals surface area contributed by atoms with Crippen LogP contribution in [0.3, 0.4) is 0 Å². The van der Waals surface area contributed by atoms with Crippen molar-refractivity contribution in [1.29, 1.82) is 0 Å². The molecule has 0 bridgehead atoms. The molecule has 4 nitrogen and oxygen atoms in total. The minimum Gasteiger partial charge on any atom is -0.316 e. The number of hydrogen-bond acceptors (Lipinski definition) is 4. The van der Waals surface area contributed by atoms with Gasteiger partial charge in [-0.15, -0.1) is 23.7 Å². The van der Waals surface area contributed by atoms with Crippen LogP contribution in [0.4, 0.5) is 5.00 Å². The van der Waals surface area contributed by atoms with E-state index in [-0.39, 0.29) is 24.2 Å². The number of hydrogen-bond donors (Lipinski definition) is 2. The summed E-state index contributed by atoms with van der Waals surface area (Å²) >= 11 is 1.54. The Bertz CT molecular complexity index is 403. The molecule has 2 N–H and O–H groups in total. The van der Waals surface area contributed by atoms with E-state index in [2.05, 4.69) is 15.6 Å². The molecule has 2 heterocycles. The molecular formula is C11H18ClN3OS. The number of carbonyl (C=O) groups is 1. The second kappa shape index (κ2) is 5.80. The van der Waals surface area contributed by atoms with E-state index in [1.807, 2.05) is 20.8 Å². The summed E-state index contributed by atoms with van der Waals surface area (Å²) in [7, 11) is 0. The fraction of sp³-hybridized carbons (Fsp3) is 0.636. The van der Waals surface area contributed by atoms with Crippen molar-refractivity contribution in [2.24, 2.45) is 11.8 Å². The van der Waals surface area contributed by atoms with Gasteiger partial charge in [0.2, 0.25) is 5.91 Å². The summed E-state index contributed by atoms with van der Waals surface area (Å²) in [6, 6.07) is 0. The minimum absolute atomic E-state index is 0. The zero-order chi connectivity index (χ0) is 11.7. The van der Waals surface area contributed by atoms with Crippen LogP contribution >= 0.6 is 23.7 Å². The molecule has 0 saturated carbocycles. The minimum atomic E-state index is 0. The zero-order valence-corrected chi connectivity index (χ0v) is 11.9. The zero-order valence-electron chi connectivity index (χ0n) is 10.2. The van der Waals surface area contributed by atoms with Crippen LogP contribution in [0.2, 0.25) is 0 Å². The molecule has 2 rings (SSSR count). The Labute approximate surface area is 112 Å². The van der Waals surface area contributed by atoms with Crippen molar-refractivity contribution in [1.82, 2.24) is 10.3 Å². The van der Waals surface area contributed by atoms with Crippen molar-refractivity contribution < 1.29 is 4.79 Å². The summed E-state index contributed by atoms with van der Waals surface area (Å²) in [5.41, 5.74) is 0.912. The number of nitrogens with zero attached hydrogens (tertiary/aromatic N) is 1. The maximum absolute atomic E-state index is 11.9. The van der Waals surface area contributed by atoms with Crippen LogP contribution < -0.4 is 10.6 Å². The third-order valence-electron chi connectivity index (χ3n) is 3.07. The summed E-state index contributed by atoms with van der Waals surface area (Å²) in [6.45, 7) is 7.77. The largest absolute Gasteiger partial charge is 0.316 e. The molecule has 96 valence electrons. The van der Waals surface area contributed by atoms with Crippen LogP contribution in [0.25, 0.3) is 0 Å². The molecule has 1 unspecified atom stereocenters. The van der Waals surface area contributed by atoms with Crippen LogP contribution in [0.15, 0.2) is 0 Å². The number of nitrogens with one attached hydrogen (secondary N) is 2. The van der Waals surface area contributed by atoms with Crippen molar-refractivity contribution in [2.45, 2.75) is 20.8 Å². The Balaban J connectivity index is 0.00000144. The molecular weight excluding hydrogens is 258 g/mol. The Morgan fingerprint density at radius 1 is 1.53 bits per heavy atom. The van der Waals surface area contributed by atoms with Crippen LogP contribution in [-0.4, -0.2) is 24.0 Å². The Morgan fingerprint density at radius 3 is 2.59 bits per heavy atom. The third-order valence-corrected chi connectivity index (χ3v) is 4.06. The number of carbonyl (C=O) groups excluding carboxylic acids is 1. The highest BCUT2D eigenvalue weighted by molar-refractivity contribution is 7.16. The average Bonchev–Trinajstić information content (AvgIpc) is 2.42. The summed E-state index contributed by atoms with van der Waals surface area (Å²) in [6.07, 6.45) is 0.